The minimum atomic E-state index is -0.352. The van der Waals surface area contributed by atoms with Crippen molar-refractivity contribution >= 4 is 32.6 Å². The van der Waals surface area contributed by atoms with Crippen LogP contribution in [0.1, 0.15) is 23.1 Å². The van der Waals surface area contributed by atoms with E-state index in [0.717, 1.165) is 55.1 Å². The normalized spacial score (nSPS) is 14.8. The number of nitrogens with zero attached hydrogens (tertiary/aromatic N) is 3. The van der Waals surface area contributed by atoms with Crippen molar-refractivity contribution in [1.29, 1.82) is 0 Å². The highest BCUT2D eigenvalue weighted by molar-refractivity contribution is 7.22. The van der Waals surface area contributed by atoms with Gasteiger partial charge in [-0.15, -0.1) is 0 Å². The molecule has 1 amide bonds. The quantitative estimate of drug-likeness (QED) is 0.547. The molecule has 1 aliphatic heterocycles. The number of aromatic nitrogens is 1. The third-order valence-corrected chi connectivity index (χ3v) is 6.73. The SMILES string of the molecule is Cc1ccc(CC(=O)N(CCCN2CCOCC2)c2nc3c(F)cccc3s2)c(C)c1. The van der Waals surface area contributed by atoms with Crippen molar-refractivity contribution in [3.05, 3.63) is 58.9 Å². The van der Waals surface area contributed by atoms with Gasteiger partial charge < -0.3 is 4.74 Å². The molecule has 31 heavy (non-hydrogen) atoms. The number of ether oxygens (including phenoxy) is 1. The number of morpholine rings is 1. The van der Waals surface area contributed by atoms with Crippen LogP contribution in [0.3, 0.4) is 0 Å². The highest BCUT2D eigenvalue weighted by Gasteiger charge is 2.22. The van der Waals surface area contributed by atoms with Crippen LogP contribution in [0.25, 0.3) is 10.2 Å². The average molecular weight is 442 g/mol. The van der Waals surface area contributed by atoms with Crippen LogP contribution in [0.15, 0.2) is 36.4 Å². The minimum Gasteiger partial charge on any atom is -0.379 e. The number of carbonyl (C=O) groups excluding carboxylic acids is 1. The monoisotopic (exact) mass is 441 g/mol. The first-order chi connectivity index (χ1) is 15.0. The topological polar surface area (TPSA) is 45.7 Å². The Morgan fingerprint density at radius 3 is 2.77 bits per heavy atom. The summed E-state index contributed by atoms with van der Waals surface area (Å²) in [7, 11) is 0. The van der Waals surface area contributed by atoms with Gasteiger partial charge in [-0.3, -0.25) is 14.6 Å². The number of benzene rings is 2. The maximum Gasteiger partial charge on any atom is 0.233 e. The van der Waals surface area contributed by atoms with Gasteiger partial charge in [-0.05, 0) is 43.5 Å². The Morgan fingerprint density at radius 2 is 2.03 bits per heavy atom. The first-order valence-electron chi connectivity index (χ1n) is 10.7. The predicted molar refractivity (Wildman–Crippen MR) is 123 cm³/mol. The lowest BCUT2D eigenvalue weighted by molar-refractivity contribution is -0.118. The van der Waals surface area contributed by atoms with E-state index in [9.17, 15) is 9.18 Å². The molecule has 7 heteroatoms. The molecule has 0 aliphatic carbocycles. The number of para-hydroxylation sites is 1. The lowest BCUT2D eigenvalue weighted by Crippen LogP contribution is -2.39. The fourth-order valence-electron chi connectivity index (χ4n) is 3.93. The summed E-state index contributed by atoms with van der Waals surface area (Å²) in [6.07, 6.45) is 1.14. The van der Waals surface area contributed by atoms with Crippen molar-refractivity contribution < 1.29 is 13.9 Å². The molecule has 5 nitrogen and oxygen atoms in total. The van der Waals surface area contributed by atoms with E-state index in [1.54, 1.807) is 11.0 Å². The van der Waals surface area contributed by atoms with Gasteiger partial charge in [0, 0.05) is 26.2 Å². The van der Waals surface area contributed by atoms with Crippen molar-refractivity contribution in [3.63, 3.8) is 0 Å². The number of carbonyl (C=O) groups is 1. The van der Waals surface area contributed by atoms with Crippen molar-refractivity contribution in [2.45, 2.75) is 26.7 Å². The zero-order chi connectivity index (χ0) is 21.8. The minimum absolute atomic E-state index is 0.00612. The van der Waals surface area contributed by atoms with Crippen molar-refractivity contribution in [3.8, 4) is 0 Å². The summed E-state index contributed by atoms with van der Waals surface area (Å²) < 4.78 is 20.4. The molecule has 0 atom stereocenters. The molecule has 0 spiro atoms. The molecule has 1 fully saturated rings. The predicted octanol–water partition coefficient (Wildman–Crippen LogP) is 4.35. The second-order valence-corrected chi connectivity index (χ2v) is 9.05. The standard InChI is InChI=1S/C24H28FN3O2S/c1-17-7-8-19(18(2)15-17)16-22(29)28(10-4-9-27-11-13-30-14-12-27)24-26-23-20(25)5-3-6-21(23)31-24/h3,5-8,15H,4,9-14,16H2,1-2H3. The smallest absolute Gasteiger partial charge is 0.233 e. The average Bonchev–Trinajstić information content (AvgIpc) is 3.19. The Bertz CT molecular complexity index is 1060. The summed E-state index contributed by atoms with van der Waals surface area (Å²) >= 11 is 1.37. The van der Waals surface area contributed by atoms with Gasteiger partial charge in [-0.25, -0.2) is 9.37 Å². The number of anilines is 1. The number of rotatable bonds is 7. The number of hydrogen-bond donors (Lipinski definition) is 0. The molecule has 1 saturated heterocycles. The zero-order valence-corrected chi connectivity index (χ0v) is 18.9. The van der Waals surface area contributed by atoms with Crippen LogP contribution < -0.4 is 4.90 Å². The molecule has 164 valence electrons. The fourth-order valence-corrected chi connectivity index (χ4v) is 4.95. The summed E-state index contributed by atoms with van der Waals surface area (Å²) in [6, 6.07) is 11.1. The van der Waals surface area contributed by atoms with Crippen LogP contribution in [0.4, 0.5) is 9.52 Å². The van der Waals surface area contributed by atoms with E-state index in [-0.39, 0.29) is 11.7 Å². The van der Waals surface area contributed by atoms with Crippen LogP contribution in [-0.2, 0) is 16.0 Å². The molecule has 1 aliphatic rings. The number of fused-ring (bicyclic) bond motifs is 1. The summed E-state index contributed by atoms with van der Waals surface area (Å²) in [4.78, 5) is 21.9. The van der Waals surface area contributed by atoms with E-state index in [1.165, 1.54) is 23.0 Å². The van der Waals surface area contributed by atoms with Crippen molar-refractivity contribution in [1.82, 2.24) is 9.88 Å². The van der Waals surface area contributed by atoms with E-state index in [2.05, 4.69) is 16.0 Å². The first kappa shape index (κ1) is 21.9. The Morgan fingerprint density at radius 1 is 1.23 bits per heavy atom. The largest absolute Gasteiger partial charge is 0.379 e. The molecule has 0 N–H and O–H groups in total. The van der Waals surface area contributed by atoms with E-state index in [0.29, 0.717) is 23.6 Å². The van der Waals surface area contributed by atoms with Gasteiger partial charge in [0.05, 0.1) is 24.3 Å². The molecule has 4 rings (SSSR count). The van der Waals surface area contributed by atoms with Crippen LogP contribution in [-0.4, -0.2) is 55.2 Å². The van der Waals surface area contributed by atoms with Gasteiger partial charge in [0.25, 0.3) is 0 Å². The lowest BCUT2D eigenvalue weighted by atomic mass is 10.0. The molecule has 0 bridgehead atoms. The number of amides is 1. The van der Waals surface area contributed by atoms with Crippen molar-refractivity contribution in [2.75, 3.05) is 44.3 Å². The highest BCUT2D eigenvalue weighted by Crippen LogP contribution is 2.31. The fraction of sp³-hybridized carbons (Fsp3) is 0.417. The highest BCUT2D eigenvalue weighted by atomic mass is 32.1. The van der Waals surface area contributed by atoms with Gasteiger partial charge in [-0.2, -0.15) is 0 Å². The van der Waals surface area contributed by atoms with Gasteiger partial charge in [0.2, 0.25) is 5.91 Å². The van der Waals surface area contributed by atoms with Gasteiger partial charge in [0.1, 0.15) is 11.3 Å². The summed E-state index contributed by atoms with van der Waals surface area (Å²) in [5.41, 5.74) is 3.63. The molecule has 2 heterocycles. The maximum atomic E-state index is 14.2. The lowest BCUT2D eigenvalue weighted by Gasteiger charge is -2.27. The molecular weight excluding hydrogens is 413 g/mol. The molecule has 0 unspecified atom stereocenters. The Kier molecular flexibility index (Phi) is 6.95. The Labute approximate surface area is 186 Å². The Balaban J connectivity index is 1.54. The second kappa shape index (κ2) is 9.85. The number of halogens is 1. The Hall–Kier alpha value is -2.35. The van der Waals surface area contributed by atoms with Gasteiger partial charge in [0.15, 0.2) is 5.13 Å². The number of aryl methyl sites for hydroxylation is 2. The first-order valence-corrected chi connectivity index (χ1v) is 11.5. The number of thiazole rings is 1. The molecule has 3 aromatic rings. The maximum absolute atomic E-state index is 14.2. The summed E-state index contributed by atoms with van der Waals surface area (Å²) in [6.45, 7) is 8.89. The summed E-state index contributed by atoms with van der Waals surface area (Å²) in [5, 5.41) is 0.567. The molecule has 0 saturated carbocycles. The molecular formula is C24H28FN3O2S. The van der Waals surface area contributed by atoms with Crippen LogP contribution in [0.5, 0.6) is 0 Å². The van der Waals surface area contributed by atoms with Gasteiger partial charge >= 0.3 is 0 Å². The second-order valence-electron chi connectivity index (χ2n) is 8.04. The van der Waals surface area contributed by atoms with Crippen LogP contribution in [0, 0.1) is 19.7 Å². The van der Waals surface area contributed by atoms with E-state index in [4.69, 9.17) is 4.74 Å². The molecule has 0 radical (unpaired) electrons. The number of hydrogen-bond acceptors (Lipinski definition) is 5. The van der Waals surface area contributed by atoms with E-state index in [1.807, 2.05) is 32.0 Å². The third kappa shape index (κ3) is 5.29. The zero-order valence-electron chi connectivity index (χ0n) is 18.1. The van der Waals surface area contributed by atoms with E-state index < -0.39 is 0 Å². The molecule has 1 aromatic heterocycles. The van der Waals surface area contributed by atoms with Crippen LogP contribution in [0.2, 0.25) is 0 Å². The van der Waals surface area contributed by atoms with E-state index >= 15 is 0 Å². The van der Waals surface area contributed by atoms with Gasteiger partial charge in [-0.1, -0.05) is 41.2 Å². The molecule has 2 aromatic carbocycles. The summed E-state index contributed by atoms with van der Waals surface area (Å²) in [5.74, 6) is -0.358. The third-order valence-electron chi connectivity index (χ3n) is 5.69. The van der Waals surface area contributed by atoms with Crippen LogP contribution >= 0.6 is 11.3 Å². The van der Waals surface area contributed by atoms with Crippen molar-refractivity contribution in [2.24, 2.45) is 0 Å².